The van der Waals surface area contributed by atoms with Gasteiger partial charge in [-0.3, -0.25) is 14.4 Å². The molecule has 1 saturated carbocycles. The SMILES string of the molecule is Cc1c(C(=O)NC(CCC2CC2)C(=O)N2CCc3c(CN(C)C)cccc32)[nH]c2c1C(=O)CC(C)(C)C2. The van der Waals surface area contributed by atoms with Crippen molar-refractivity contribution in [2.75, 3.05) is 25.5 Å². The summed E-state index contributed by atoms with van der Waals surface area (Å²) in [5.74, 6) is 0.403. The van der Waals surface area contributed by atoms with Gasteiger partial charge in [-0.05, 0) is 80.8 Å². The molecule has 7 nitrogen and oxygen atoms in total. The molecular weight excluding hydrogens is 464 g/mol. The van der Waals surface area contributed by atoms with Crippen molar-refractivity contribution in [3.8, 4) is 0 Å². The zero-order valence-corrected chi connectivity index (χ0v) is 22.9. The molecule has 0 radical (unpaired) electrons. The lowest BCUT2D eigenvalue weighted by Crippen LogP contribution is -2.48. The van der Waals surface area contributed by atoms with Gasteiger partial charge in [0.1, 0.15) is 11.7 Å². The molecule has 7 heteroatoms. The molecule has 3 aliphatic rings. The van der Waals surface area contributed by atoms with Crippen LogP contribution in [0, 0.1) is 18.3 Å². The number of hydrogen-bond acceptors (Lipinski definition) is 4. The van der Waals surface area contributed by atoms with Gasteiger partial charge in [-0.2, -0.15) is 0 Å². The monoisotopic (exact) mass is 504 g/mol. The van der Waals surface area contributed by atoms with Crippen molar-refractivity contribution in [3.05, 3.63) is 51.8 Å². The van der Waals surface area contributed by atoms with Crippen LogP contribution in [0.15, 0.2) is 18.2 Å². The van der Waals surface area contributed by atoms with Crippen LogP contribution >= 0.6 is 0 Å². The second kappa shape index (κ2) is 9.75. The van der Waals surface area contributed by atoms with E-state index in [-0.39, 0.29) is 23.0 Å². The van der Waals surface area contributed by atoms with E-state index in [2.05, 4.69) is 49.2 Å². The third-order valence-corrected chi connectivity index (χ3v) is 8.17. The second-order valence-electron chi connectivity index (χ2n) is 12.4. The van der Waals surface area contributed by atoms with E-state index < -0.39 is 6.04 Å². The first-order valence-corrected chi connectivity index (χ1v) is 13.7. The summed E-state index contributed by atoms with van der Waals surface area (Å²) in [6.07, 6.45) is 6.01. The molecule has 1 aliphatic heterocycles. The summed E-state index contributed by atoms with van der Waals surface area (Å²) < 4.78 is 0. The molecule has 2 amide bonds. The number of carbonyl (C=O) groups is 3. The number of hydrogen-bond donors (Lipinski definition) is 2. The Hall–Kier alpha value is -2.93. The molecule has 0 saturated heterocycles. The first-order chi connectivity index (χ1) is 17.5. The fourth-order valence-electron chi connectivity index (χ4n) is 6.17. The van der Waals surface area contributed by atoms with Gasteiger partial charge in [-0.25, -0.2) is 0 Å². The number of nitrogens with one attached hydrogen (secondary N) is 2. The number of carbonyl (C=O) groups excluding carboxylic acids is 3. The molecule has 37 heavy (non-hydrogen) atoms. The first-order valence-electron chi connectivity index (χ1n) is 13.7. The fraction of sp³-hybridized carbons (Fsp3) is 0.567. The topological polar surface area (TPSA) is 85.5 Å². The summed E-state index contributed by atoms with van der Waals surface area (Å²) >= 11 is 0. The Balaban J connectivity index is 1.38. The lowest BCUT2D eigenvalue weighted by molar-refractivity contribution is -0.120. The number of fused-ring (bicyclic) bond motifs is 2. The average Bonchev–Trinajstić information content (AvgIpc) is 3.44. The van der Waals surface area contributed by atoms with E-state index >= 15 is 0 Å². The third kappa shape index (κ3) is 5.24. The van der Waals surface area contributed by atoms with Gasteiger partial charge < -0.3 is 20.1 Å². The predicted octanol–water partition coefficient (Wildman–Crippen LogP) is 4.42. The maximum absolute atomic E-state index is 13.9. The van der Waals surface area contributed by atoms with Crippen LogP contribution < -0.4 is 10.2 Å². The van der Waals surface area contributed by atoms with Gasteiger partial charge in [0.05, 0.1) is 0 Å². The van der Waals surface area contributed by atoms with Gasteiger partial charge in [0.25, 0.3) is 5.91 Å². The van der Waals surface area contributed by atoms with E-state index in [4.69, 9.17) is 0 Å². The number of aromatic nitrogens is 1. The maximum atomic E-state index is 13.9. The number of H-pyrrole nitrogens is 1. The van der Waals surface area contributed by atoms with E-state index in [0.717, 1.165) is 37.2 Å². The second-order valence-corrected chi connectivity index (χ2v) is 12.4. The highest BCUT2D eigenvalue weighted by Gasteiger charge is 2.37. The van der Waals surface area contributed by atoms with Gasteiger partial charge >= 0.3 is 0 Å². The Morgan fingerprint density at radius 2 is 1.97 bits per heavy atom. The van der Waals surface area contributed by atoms with Gasteiger partial charge in [0.15, 0.2) is 5.78 Å². The van der Waals surface area contributed by atoms with Crippen LogP contribution in [0.1, 0.15) is 89.2 Å². The Bertz CT molecular complexity index is 1240. The number of Topliss-reactive ketones (excluding diaryl/α,β-unsaturated/α-hetero) is 1. The summed E-state index contributed by atoms with van der Waals surface area (Å²) in [5, 5.41) is 3.08. The molecule has 1 unspecified atom stereocenters. The Kier molecular flexibility index (Phi) is 6.77. The highest BCUT2D eigenvalue weighted by atomic mass is 16.2. The number of amides is 2. The predicted molar refractivity (Wildman–Crippen MR) is 145 cm³/mol. The van der Waals surface area contributed by atoms with Gasteiger partial charge in [-0.1, -0.05) is 38.8 Å². The molecule has 2 aliphatic carbocycles. The number of aromatic amines is 1. The number of nitrogens with zero attached hydrogens (tertiary/aromatic N) is 2. The van der Waals surface area contributed by atoms with E-state index in [1.165, 1.54) is 24.0 Å². The number of benzene rings is 1. The Morgan fingerprint density at radius 1 is 1.22 bits per heavy atom. The maximum Gasteiger partial charge on any atom is 0.268 e. The largest absolute Gasteiger partial charge is 0.354 e. The molecule has 1 atom stereocenters. The summed E-state index contributed by atoms with van der Waals surface area (Å²) in [6.45, 7) is 7.46. The number of rotatable bonds is 8. The van der Waals surface area contributed by atoms with E-state index in [1.807, 2.05) is 24.0 Å². The highest BCUT2D eigenvalue weighted by molar-refractivity contribution is 6.06. The zero-order chi connectivity index (χ0) is 26.5. The van der Waals surface area contributed by atoms with Gasteiger partial charge in [0.2, 0.25) is 5.91 Å². The van der Waals surface area contributed by atoms with Crippen molar-refractivity contribution < 1.29 is 14.4 Å². The van der Waals surface area contributed by atoms with E-state index in [9.17, 15) is 14.4 Å². The molecular formula is C30H40N4O3. The van der Waals surface area contributed by atoms with Crippen LogP contribution in [0.5, 0.6) is 0 Å². The van der Waals surface area contributed by atoms with Crippen molar-refractivity contribution in [1.82, 2.24) is 15.2 Å². The molecule has 1 aromatic carbocycles. The van der Waals surface area contributed by atoms with Crippen LogP contribution in [-0.4, -0.2) is 54.2 Å². The Morgan fingerprint density at radius 3 is 2.68 bits per heavy atom. The molecule has 2 heterocycles. The normalized spacial score (nSPS) is 19.1. The minimum absolute atomic E-state index is 0.0408. The quantitative estimate of drug-likeness (QED) is 0.557. The van der Waals surface area contributed by atoms with Crippen molar-refractivity contribution in [2.45, 2.75) is 78.3 Å². The third-order valence-electron chi connectivity index (χ3n) is 8.17. The summed E-state index contributed by atoms with van der Waals surface area (Å²) in [4.78, 5) is 47.5. The average molecular weight is 505 g/mol. The smallest absolute Gasteiger partial charge is 0.268 e. The lowest BCUT2D eigenvalue weighted by atomic mass is 9.75. The van der Waals surface area contributed by atoms with Crippen LogP contribution in [-0.2, 0) is 24.2 Å². The van der Waals surface area contributed by atoms with Crippen molar-refractivity contribution >= 4 is 23.3 Å². The van der Waals surface area contributed by atoms with Crippen molar-refractivity contribution in [2.24, 2.45) is 11.3 Å². The fourth-order valence-corrected chi connectivity index (χ4v) is 6.17. The van der Waals surface area contributed by atoms with Crippen molar-refractivity contribution in [1.29, 1.82) is 0 Å². The van der Waals surface area contributed by atoms with Crippen molar-refractivity contribution in [3.63, 3.8) is 0 Å². The molecule has 5 rings (SSSR count). The number of ketones is 1. The summed E-state index contributed by atoms with van der Waals surface area (Å²) in [5.41, 5.74) is 5.92. The molecule has 2 aromatic rings. The van der Waals surface area contributed by atoms with Crippen LogP contribution in [0.3, 0.4) is 0 Å². The van der Waals surface area contributed by atoms with Gasteiger partial charge in [0, 0.05) is 36.5 Å². The van der Waals surface area contributed by atoms with Crippen LogP contribution in [0.25, 0.3) is 0 Å². The molecule has 1 aromatic heterocycles. The minimum atomic E-state index is -0.594. The minimum Gasteiger partial charge on any atom is -0.354 e. The van der Waals surface area contributed by atoms with E-state index in [1.54, 1.807) is 0 Å². The first kappa shape index (κ1) is 25.7. The standard InChI is InChI=1S/C30H40N4O3/c1-18-26-23(15-30(2,3)16-25(26)35)31-27(18)28(36)32-22(12-11-19-9-10-19)29(37)34-14-13-21-20(17-33(4)5)7-6-8-24(21)34/h6-8,19,22,31H,9-17H2,1-5H3,(H,32,36). The summed E-state index contributed by atoms with van der Waals surface area (Å²) in [7, 11) is 4.10. The van der Waals surface area contributed by atoms with Gasteiger partial charge in [-0.15, -0.1) is 0 Å². The molecule has 2 N–H and O–H groups in total. The molecule has 0 spiro atoms. The summed E-state index contributed by atoms with van der Waals surface area (Å²) in [6, 6.07) is 5.59. The van der Waals surface area contributed by atoms with E-state index in [0.29, 0.717) is 42.1 Å². The molecule has 1 fully saturated rings. The lowest BCUT2D eigenvalue weighted by Gasteiger charge is -2.28. The van der Waals surface area contributed by atoms with Crippen LogP contribution in [0.2, 0.25) is 0 Å². The zero-order valence-electron chi connectivity index (χ0n) is 22.9. The molecule has 0 bridgehead atoms. The molecule has 198 valence electrons. The Labute approximate surface area is 220 Å². The number of anilines is 1. The highest BCUT2D eigenvalue weighted by Crippen LogP contribution is 2.38. The van der Waals surface area contributed by atoms with Crippen LogP contribution in [0.4, 0.5) is 5.69 Å².